The van der Waals surface area contributed by atoms with Crippen LogP contribution in [-0.4, -0.2) is 0 Å². The number of aryl methyl sites for hydroxylation is 1. The van der Waals surface area contributed by atoms with E-state index in [9.17, 15) is 5.26 Å². The zero-order valence-corrected chi connectivity index (χ0v) is 11.7. The van der Waals surface area contributed by atoms with E-state index in [1.54, 1.807) is 0 Å². The van der Waals surface area contributed by atoms with Crippen LogP contribution in [0.2, 0.25) is 0 Å². The molecule has 2 aromatic carbocycles. The van der Waals surface area contributed by atoms with E-state index in [-0.39, 0.29) is 0 Å². The van der Waals surface area contributed by atoms with E-state index in [4.69, 9.17) is 0 Å². The van der Waals surface area contributed by atoms with Gasteiger partial charge in [-0.1, -0.05) is 36.4 Å². The van der Waals surface area contributed by atoms with Crippen molar-refractivity contribution in [3.05, 3.63) is 64.7 Å². The molecule has 1 N–H and O–H groups in total. The van der Waals surface area contributed by atoms with Crippen LogP contribution in [0.1, 0.15) is 41.0 Å². The van der Waals surface area contributed by atoms with Gasteiger partial charge in [-0.2, -0.15) is 5.26 Å². The molecule has 1 aliphatic rings. The van der Waals surface area contributed by atoms with E-state index in [1.807, 2.05) is 25.1 Å². The van der Waals surface area contributed by atoms with Gasteiger partial charge in [0.1, 0.15) is 6.07 Å². The molecule has 20 heavy (non-hydrogen) atoms. The Labute approximate surface area is 120 Å². The van der Waals surface area contributed by atoms with Crippen molar-refractivity contribution in [3.63, 3.8) is 0 Å². The molecule has 0 saturated heterocycles. The Morgan fingerprint density at radius 3 is 2.55 bits per heavy atom. The van der Waals surface area contributed by atoms with Crippen molar-refractivity contribution >= 4 is 5.69 Å². The van der Waals surface area contributed by atoms with E-state index in [1.165, 1.54) is 24.0 Å². The summed E-state index contributed by atoms with van der Waals surface area (Å²) >= 11 is 0. The molecule has 0 radical (unpaired) electrons. The van der Waals surface area contributed by atoms with Crippen molar-refractivity contribution in [2.45, 2.75) is 32.2 Å². The zero-order valence-electron chi connectivity index (χ0n) is 11.7. The summed E-state index contributed by atoms with van der Waals surface area (Å²) < 4.78 is 0. The summed E-state index contributed by atoms with van der Waals surface area (Å²) in [5.41, 5.74) is 5.38. The fraction of sp³-hybridized carbons (Fsp3) is 0.278. The van der Waals surface area contributed by atoms with Gasteiger partial charge >= 0.3 is 0 Å². The number of hydrogen-bond donors (Lipinski definition) is 1. The quantitative estimate of drug-likeness (QED) is 0.888. The summed E-state index contributed by atoms with van der Waals surface area (Å²) in [6.45, 7) is 2.72. The molecule has 0 amide bonds. The third kappa shape index (κ3) is 2.67. The van der Waals surface area contributed by atoms with Crippen LogP contribution in [0.3, 0.4) is 0 Å². The maximum atomic E-state index is 9.21. The lowest BCUT2D eigenvalue weighted by Gasteiger charge is -2.10. The second-order valence-electron chi connectivity index (χ2n) is 5.48. The van der Waals surface area contributed by atoms with Crippen LogP contribution in [0.15, 0.2) is 42.5 Å². The zero-order chi connectivity index (χ0) is 13.9. The maximum Gasteiger partial charge on any atom is 0.102 e. The molecule has 100 valence electrons. The molecule has 2 aromatic rings. The van der Waals surface area contributed by atoms with Gasteiger partial charge in [0.2, 0.25) is 0 Å². The highest BCUT2D eigenvalue weighted by Crippen LogP contribution is 2.39. The van der Waals surface area contributed by atoms with Crippen molar-refractivity contribution in [2.75, 3.05) is 5.32 Å². The number of rotatable bonds is 4. The molecule has 0 aromatic heterocycles. The Morgan fingerprint density at radius 1 is 1.15 bits per heavy atom. The predicted molar refractivity (Wildman–Crippen MR) is 81.6 cm³/mol. The van der Waals surface area contributed by atoms with Gasteiger partial charge < -0.3 is 5.32 Å². The van der Waals surface area contributed by atoms with E-state index < -0.39 is 0 Å². The van der Waals surface area contributed by atoms with Gasteiger partial charge in [-0.05, 0) is 48.4 Å². The largest absolute Gasteiger partial charge is 0.380 e. The fourth-order valence-electron chi connectivity index (χ4n) is 2.49. The van der Waals surface area contributed by atoms with E-state index in [0.717, 1.165) is 29.3 Å². The van der Waals surface area contributed by atoms with Crippen molar-refractivity contribution in [1.82, 2.24) is 0 Å². The number of hydrogen-bond acceptors (Lipinski definition) is 2. The van der Waals surface area contributed by atoms with Gasteiger partial charge in [0.05, 0.1) is 11.3 Å². The first kappa shape index (κ1) is 12.7. The minimum absolute atomic E-state index is 0.738. The molecule has 0 bridgehead atoms. The number of anilines is 1. The third-order valence-electron chi connectivity index (χ3n) is 3.90. The number of nitrogens with one attached hydrogen (secondary N) is 1. The summed E-state index contributed by atoms with van der Waals surface area (Å²) in [7, 11) is 0. The SMILES string of the molecule is Cc1cccc(NCc2ccc(C3CC3)cc2)c1C#N. The molecule has 0 atom stereocenters. The average molecular weight is 262 g/mol. The minimum Gasteiger partial charge on any atom is -0.380 e. The Kier molecular flexibility index (Phi) is 3.43. The molecule has 0 unspecified atom stereocenters. The summed E-state index contributed by atoms with van der Waals surface area (Å²) in [4.78, 5) is 0. The first-order valence-electron chi connectivity index (χ1n) is 7.10. The molecule has 0 heterocycles. The third-order valence-corrected chi connectivity index (χ3v) is 3.90. The van der Waals surface area contributed by atoms with Gasteiger partial charge in [0, 0.05) is 6.54 Å². The van der Waals surface area contributed by atoms with Gasteiger partial charge in [0.15, 0.2) is 0 Å². The smallest absolute Gasteiger partial charge is 0.102 e. The molecule has 0 aliphatic heterocycles. The fourth-order valence-corrected chi connectivity index (χ4v) is 2.49. The molecule has 1 fully saturated rings. The van der Waals surface area contributed by atoms with Crippen LogP contribution >= 0.6 is 0 Å². The highest BCUT2D eigenvalue weighted by Gasteiger charge is 2.22. The lowest BCUT2D eigenvalue weighted by Crippen LogP contribution is -2.02. The summed E-state index contributed by atoms with van der Waals surface area (Å²) in [5, 5.41) is 12.6. The summed E-state index contributed by atoms with van der Waals surface area (Å²) in [6, 6.07) is 17.0. The summed E-state index contributed by atoms with van der Waals surface area (Å²) in [5.74, 6) is 0.805. The van der Waals surface area contributed by atoms with Crippen LogP contribution < -0.4 is 5.32 Å². The van der Waals surface area contributed by atoms with Gasteiger partial charge in [-0.25, -0.2) is 0 Å². The van der Waals surface area contributed by atoms with E-state index in [0.29, 0.717) is 0 Å². The Balaban J connectivity index is 1.70. The Morgan fingerprint density at radius 2 is 1.90 bits per heavy atom. The van der Waals surface area contributed by atoms with Gasteiger partial charge in [-0.3, -0.25) is 0 Å². The van der Waals surface area contributed by atoms with Crippen LogP contribution in [0, 0.1) is 18.3 Å². The second kappa shape index (κ2) is 5.38. The molecule has 1 aliphatic carbocycles. The first-order chi connectivity index (χ1) is 9.78. The normalized spacial score (nSPS) is 13.8. The van der Waals surface area contributed by atoms with Crippen LogP contribution in [0.5, 0.6) is 0 Å². The number of benzene rings is 2. The van der Waals surface area contributed by atoms with Crippen molar-refractivity contribution in [1.29, 1.82) is 5.26 Å². The second-order valence-corrected chi connectivity index (χ2v) is 5.48. The molecule has 3 rings (SSSR count). The monoisotopic (exact) mass is 262 g/mol. The summed E-state index contributed by atoms with van der Waals surface area (Å²) in [6.07, 6.45) is 2.68. The standard InChI is InChI=1S/C18H18N2/c1-13-3-2-4-18(17(13)11-19)20-12-14-5-7-15(8-6-14)16-9-10-16/h2-8,16,20H,9-10,12H2,1H3. The Hall–Kier alpha value is -2.27. The first-order valence-corrected chi connectivity index (χ1v) is 7.10. The topological polar surface area (TPSA) is 35.8 Å². The van der Waals surface area contributed by atoms with Crippen molar-refractivity contribution < 1.29 is 0 Å². The number of nitriles is 1. The molecule has 2 heteroatoms. The van der Waals surface area contributed by atoms with Crippen LogP contribution in [0.4, 0.5) is 5.69 Å². The van der Waals surface area contributed by atoms with Crippen LogP contribution in [0.25, 0.3) is 0 Å². The molecule has 2 nitrogen and oxygen atoms in total. The predicted octanol–water partition coefficient (Wildman–Crippen LogP) is 4.36. The highest BCUT2D eigenvalue weighted by molar-refractivity contribution is 5.60. The number of nitrogens with zero attached hydrogens (tertiary/aromatic N) is 1. The minimum atomic E-state index is 0.738. The molecule has 0 spiro atoms. The molecule has 1 saturated carbocycles. The van der Waals surface area contributed by atoms with Gasteiger partial charge in [0.25, 0.3) is 0 Å². The maximum absolute atomic E-state index is 9.21. The van der Waals surface area contributed by atoms with Gasteiger partial charge in [-0.15, -0.1) is 0 Å². The lowest BCUT2D eigenvalue weighted by molar-refractivity contribution is 1.10. The highest BCUT2D eigenvalue weighted by atomic mass is 14.9. The van der Waals surface area contributed by atoms with Crippen molar-refractivity contribution in [3.8, 4) is 6.07 Å². The average Bonchev–Trinajstić information content (AvgIpc) is 3.30. The molecular weight excluding hydrogens is 244 g/mol. The lowest BCUT2D eigenvalue weighted by atomic mass is 10.1. The molecular formula is C18H18N2. The van der Waals surface area contributed by atoms with Crippen molar-refractivity contribution in [2.24, 2.45) is 0 Å². The van der Waals surface area contributed by atoms with E-state index >= 15 is 0 Å². The van der Waals surface area contributed by atoms with E-state index in [2.05, 4.69) is 35.7 Å². The Bertz CT molecular complexity index is 646. The van der Waals surface area contributed by atoms with Crippen LogP contribution in [-0.2, 0) is 6.54 Å².